The van der Waals surface area contributed by atoms with Gasteiger partial charge in [-0.3, -0.25) is 0 Å². The van der Waals surface area contributed by atoms with E-state index in [0.717, 1.165) is 16.7 Å². The largest absolute Gasteiger partial charge is 0.465 e. The van der Waals surface area contributed by atoms with Gasteiger partial charge in [-0.15, -0.1) is 0 Å². The van der Waals surface area contributed by atoms with Crippen molar-refractivity contribution in [1.29, 1.82) is 0 Å². The second-order valence-electron chi connectivity index (χ2n) is 4.88. The van der Waals surface area contributed by atoms with Gasteiger partial charge in [-0.25, -0.2) is 9.78 Å². The normalized spacial score (nSPS) is 10.3. The number of rotatable bonds is 3. The number of hydrogen-bond acceptors (Lipinski definition) is 5. The Balaban J connectivity index is 2.43. The molecular weight excluding hydrogens is 268 g/mol. The van der Waals surface area contributed by atoms with Crippen molar-refractivity contribution in [2.24, 2.45) is 0 Å². The van der Waals surface area contributed by atoms with Crippen molar-refractivity contribution in [3.8, 4) is 11.6 Å². The topological polar surface area (TPSA) is 74.4 Å². The van der Waals surface area contributed by atoms with Gasteiger partial charge < -0.3 is 15.2 Å². The predicted octanol–water partition coefficient (Wildman–Crippen LogP) is 3.17. The number of aryl methyl sites for hydroxylation is 2. The Morgan fingerprint density at radius 3 is 2.62 bits per heavy atom. The summed E-state index contributed by atoms with van der Waals surface area (Å²) in [6.45, 7) is 5.96. The van der Waals surface area contributed by atoms with E-state index in [1.54, 1.807) is 0 Å². The molecule has 0 aliphatic heterocycles. The second-order valence-corrected chi connectivity index (χ2v) is 4.88. The third kappa shape index (κ3) is 2.97. The molecule has 5 nitrogen and oxygen atoms in total. The lowest BCUT2D eigenvalue weighted by atomic mass is 10.1. The standard InChI is InChI=1S/C16H18N2O3/c1-9-7-10(2)11(3)13(8-9)21-15-14(17)12(5-6-18-15)16(19)20-4/h5-8H,17H2,1-4H3. The minimum Gasteiger partial charge on any atom is -0.465 e. The fourth-order valence-electron chi connectivity index (χ4n) is 2.03. The van der Waals surface area contributed by atoms with Crippen molar-refractivity contribution in [3.05, 3.63) is 46.6 Å². The smallest absolute Gasteiger partial charge is 0.340 e. The van der Waals surface area contributed by atoms with Crippen LogP contribution in [0.4, 0.5) is 5.69 Å². The number of nitrogens with two attached hydrogens (primary N) is 1. The molecule has 0 unspecified atom stereocenters. The third-order valence-electron chi connectivity index (χ3n) is 3.33. The first-order chi connectivity index (χ1) is 9.93. The molecule has 2 N–H and O–H groups in total. The zero-order valence-electron chi connectivity index (χ0n) is 12.6. The van der Waals surface area contributed by atoms with E-state index >= 15 is 0 Å². The fourth-order valence-corrected chi connectivity index (χ4v) is 2.03. The monoisotopic (exact) mass is 286 g/mol. The number of carbonyl (C=O) groups excluding carboxylic acids is 1. The van der Waals surface area contributed by atoms with E-state index in [0.29, 0.717) is 5.75 Å². The molecule has 1 heterocycles. The van der Waals surface area contributed by atoms with Gasteiger partial charge in [0, 0.05) is 6.20 Å². The maximum Gasteiger partial charge on any atom is 0.340 e. The molecule has 0 spiro atoms. The van der Waals surface area contributed by atoms with Crippen LogP contribution in [-0.4, -0.2) is 18.1 Å². The maximum absolute atomic E-state index is 11.6. The predicted molar refractivity (Wildman–Crippen MR) is 80.7 cm³/mol. The summed E-state index contributed by atoms with van der Waals surface area (Å²) in [6, 6.07) is 5.49. The van der Waals surface area contributed by atoms with Crippen molar-refractivity contribution in [2.75, 3.05) is 12.8 Å². The van der Waals surface area contributed by atoms with Crippen LogP contribution in [0.2, 0.25) is 0 Å². The summed E-state index contributed by atoms with van der Waals surface area (Å²) in [6.07, 6.45) is 1.47. The zero-order chi connectivity index (χ0) is 15.6. The maximum atomic E-state index is 11.6. The van der Waals surface area contributed by atoms with Crippen molar-refractivity contribution in [1.82, 2.24) is 4.98 Å². The Kier molecular flexibility index (Phi) is 4.12. The van der Waals surface area contributed by atoms with Crippen LogP contribution in [0.15, 0.2) is 24.4 Å². The molecule has 0 aliphatic rings. The van der Waals surface area contributed by atoms with Crippen LogP contribution in [0.5, 0.6) is 11.6 Å². The summed E-state index contributed by atoms with van der Waals surface area (Å²) in [5, 5.41) is 0. The molecule has 0 bridgehead atoms. The first-order valence-corrected chi connectivity index (χ1v) is 6.52. The number of carbonyl (C=O) groups is 1. The molecule has 1 aromatic heterocycles. The molecule has 0 amide bonds. The molecule has 2 rings (SSSR count). The van der Waals surface area contributed by atoms with Crippen molar-refractivity contribution >= 4 is 11.7 Å². The summed E-state index contributed by atoms with van der Waals surface area (Å²) in [5.41, 5.74) is 9.56. The van der Waals surface area contributed by atoms with Crippen LogP contribution in [-0.2, 0) is 4.74 Å². The Morgan fingerprint density at radius 1 is 1.24 bits per heavy atom. The molecule has 110 valence electrons. The summed E-state index contributed by atoms with van der Waals surface area (Å²) in [5.74, 6) is 0.358. The van der Waals surface area contributed by atoms with Gasteiger partial charge in [0.2, 0.25) is 5.88 Å². The molecule has 2 aromatic rings. The third-order valence-corrected chi connectivity index (χ3v) is 3.33. The number of nitrogens with zero attached hydrogens (tertiary/aromatic N) is 1. The van der Waals surface area contributed by atoms with E-state index in [1.165, 1.54) is 19.4 Å². The highest BCUT2D eigenvalue weighted by Crippen LogP contribution is 2.31. The number of aromatic nitrogens is 1. The van der Waals surface area contributed by atoms with Crippen molar-refractivity contribution in [2.45, 2.75) is 20.8 Å². The second kappa shape index (κ2) is 5.83. The van der Waals surface area contributed by atoms with Crippen molar-refractivity contribution in [3.63, 3.8) is 0 Å². The SMILES string of the molecule is COC(=O)c1ccnc(Oc2cc(C)cc(C)c2C)c1N. The van der Waals surface area contributed by atoms with Crippen molar-refractivity contribution < 1.29 is 14.3 Å². The van der Waals surface area contributed by atoms with Crippen LogP contribution in [0.1, 0.15) is 27.0 Å². The minimum absolute atomic E-state index is 0.169. The van der Waals surface area contributed by atoms with E-state index in [4.69, 9.17) is 10.5 Å². The van der Waals surface area contributed by atoms with E-state index in [1.807, 2.05) is 26.8 Å². The molecular formula is C16H18N2O3. The summed E-state index contributed by atoms with van der Waals surface area (Å²) >= 11 is 0. The number of benzene rings is 1. The number of methoxy groups -OCH3 is 1. The lowest BCUT2D eigenvalue weighted by Crippen LogP contribution is -2.08. The van der Waals surface area contributed by atoms with E-state index in [9.17, 15) is 4.79 Å². The van der Waals surface area contributed by atoms with Gasteiger partial charge in [-0.2, -0.15) is 0 Å². The van der Waals surface area contributed by atoms with E-state index < -0.39 is 5.97 Å². The number of nitrogen functional groups attached to an aromatic ring is 1. The minimum atomic E-state index is -0.517. The number of pyridine rings is 1. The zero-order valence-corrected chi connectivity index (χ0v) is 12.6. The highest BCUT2D eigenvalue weighted by Gasteiger charge is 2.16. The number of anilines is 1. The van der Waals surface area contributed by atoms with Gasteiger partial charge in [-0.05, 0) is 49.6 Å². The molecule has 0 fully saturated rings. The van der Waals surface area contributed by atoms with E-state index in [2.05, 4.69) is 15.8 Å². The number of ether oxygens (including phenoxy) is 2. The summed E-state index contributed by atoms with van der Waals surface area (Å²) in [7, 11) is 1.30. The molecule has 21 heavy (non-hydrogen) atoms. The highest BCUT2D eigenvalue weighted by atomic mass is 16.5. The lowest BCUT2D eigenvalue weighted by Gasteiger charge is -2.13. The Hall–Kier alpha value is -2.56. The van der Waals surface area contributed by atoms with Crippen LogP contribution >= 0.6 is 0 Å². The van der Waals surface area contributed by atoms with Gasteiger partial charge in [0.1, 0.15) is 11.4 Å². The summed E-state index contributed by atoms with van der Waals surface area (Å²) < 4.78 is 10.5. The lowest BCUT2D eigenvalue weighted by molar-refractivity contribution is 0.0601. The quantitative estimate of drug-likeness (QED) is 0.877. The van der Waals surface area contributed by atoms with Gasteiger partial charge in [0.25, 0.3) is 0 Å². The van der Waals surface area contributed by atoms with Crippen LogP contribution in [0.3, 0.4) is 0 Å². The van der Waals surface area contributed by atoms with Gasteiger partial charge in [0.05, 0.1) is 12.7 Å². The first kappa shape index (κ1) is 14.8. The first-order valence-electron chi connectivity index (χ1n) is 6.52. The Labute approximate surface area is 123 Å². The average molecular weight is 286 g/mol. The van der Waals surface area contributed by atoms with E-state index in [-0.39, 0.29) is 17.1 Å². The Morgan fingerprint density at radius 2 is 1.95 bits per heavy atom. The molecule has 1 aromatic carbocycles. The summed E-state index contributed by atoms with van der Waals surface area (Å²) in [4.78, 5) is 15.7. The molecule has 0 aliphatic carbocycles. The molecule has 0 saturated carbocycles. The molecule has 5 heteroatoms. The molecule has 0 atom stereocenters. The van der Waals surface area contributed by atoms with Gasteiger partial charge >= 0.3 is 5.97 Å². The number of hydrogen-bond donors (Lipinski definition) is 1. The fraction of sp³-hybridized carbons (Fsp3) is 0.250. The van der Waals surface area contributed by atoms with Gasteiger partial charge in [-0.1, -0.05) is 6.07 Å². The van der Waals surface area contributed by atoms with Gasteiger partial charge in [0.15, 0.2) is 0 Å². The highest BCUT2D eigenvalue weighted by molar-refractivity contribution is 5.96. The average Bonchev–Trinajstić information content (AvgIpc) is 2.45. The number of esters is 1. The van der Waals surface area contributed by atoms with Crippen LogP contribution in [0.25, 0.3) is 0 Å². The van der Waals surface area contributed by atoms with Crippen LogP contribution < -0.4 is 10.5 Å². The molecule has 0 radical (unpaired) electrons. The van der Waals surface area contributed by atoms with Crippen LogP contribution in [0, 0.1) is 20.8 Å². The Bertz CT molecular complexity index is 696. The molecule has 0 saturated heterocycles.